The summed E-state index contributed by atoms with van der Waals surface area (Å²) in [6, 6.07) is 5.86. The van der Waals surface area contributed by atoms with Crippen molar-refractivity contribution >= 4 is 40.9 Å². The Morgan fingerprint density at radius 2 is 1.97 bits per heavy atom. The number of carbonyl (C=O) groups is 1. The van der Waals surface area contributed by atoms with E-state index >= 15 is 0 Å². The van der Waals surface area contributed by atoms with E-state index in [0.717, 1.165) is 36.5 Å². The molecule has 1 aromatic carbocycles. The Bertz CT molecular complexity index is 840. The monoisotopic (exact) mass is 470 g/mol. The van der Waals surface area contributed by atoms with E-state index in [9.17, 15) is 4.79 Å². The van der Waals surface area contributed by atoms with Crippen LogP contribution in [0.2, 0.25) is 10.0 Å². The molecule has 0 unspecified atom stereocenters. The Morgan fingerprint density at radius 1 is 1.20 bits per heavy atom. The molecule has 1 aromatic heterocycles. The highest BCUT2D eigenvalue weighted by molar-refractivity contribution is 7.99. The van der Waals surface area contributed by atoms with Crippen molar-refractivity contribution in [3.8, 4) is 0 Å². The molecule has 0 radical (unpaired) electrons. The van der Waals surface area contributed by atoms with Gasteiger partial charge in [0.05, 0.1) is 21.8 Å². The molecular weight excluding hydrogens is 443 g/mol. The molecular formula is C20H28Cl2N6OS. The van der Waals surface area contributed by atoms with E-state index in [4.69, 9.17) is 23.2 Å². The Kier molecular flexibility index (Phi) is 8.80. The second-order valence-electron chi connectivity index (χ2n) is 7.85. The summed E-state index contributed by atoms with van der Waals surface area (Å²) < 4.78 is 1.89. The lowest BCUT2D eigenvalue weighted by Gasteiger charge is -2.24. The van der Waals surface area contributed by atoms with Gasteiger partial charge in [-0.1, -0.05) is 53.9 Å². The molecule has 0 saturated heterocycles. The van der Waals surface area contributed by atoms with Crippen molar-refractivity contribution in [1.82, 2.24) is 30.0 Å². The van der Waals surface area contributed by atoms with Crippen molar-refractivity contribution in [2.75, 3.05) is 32.9 Å². The molecule has 30 heavy (non-hydrogen) atoms. The van der Waals surface area contributed by atoms with Crippen LogP contribution in [0.25, 0.3) is 0 Å². The Balaban J connectivity index is 1.63. The normalized spacial score (nSPS) is 14.6. The van der Waals surface area contributed by atoms with Gasteiger partial charge in [0, 0.05) is 13.1 Å². The number of hydrogen-bond acceptors (Lipinski definition) is 6. The average Bonchev–Trinajstić information content (AvgIpc) is 3.39. The topological polar surface area (TPSA) is 67.2 Å². The van der Waals surface area contributed by atoms with Gasteiger partial charge in [-0.2, -0.15) is 0 Å². The van der Waals surface area contributed by atoms with Crippen LogP contribution in [0.4, 0.5) is 0 Å². The summed E-state index contributed by atoms with van der Waals surface area (Å²) >= 11 is 13.6. The number of benzene rings is 1. The number of carbonyl (C=O) groups excluding carboxylic acids is 1. The molecule has 1 aliphatic carbocycles. The minimum atomic E-state index is 0.0609. The molecule has 10 heteroatoms. The molecule has 1 saturated carbocycles. The van der Waals surface area contributed by atoms with Crippen LogP contribution in [-0.2, 0) is 11.3 Å². The molecule has 0 spiro atoms. The van der Waals surface area contributed by atoms with E-state index in [-0.39, 0.29) is 5.91 Å². The molecule has 2 aromatic rings. The van der Waals surface area contributed by atoms with Crippen molar-refractivity contribution in [3.05, 3.63) is 33.8 Å². The number of rotatable bonds is 10. The fourth-order valence-electron chi connectivity index (χ4n) is 3.60. The number of halogens is 2. The van der Waals surface area contributed by atoms with Gasteiger partial charge in [0.1, 0.15) is 0 Å². The van der Waals surface area contributed by atoms with Crippen molar-refractivity contribution < 1.29 is 4.79 Å². The van der Waals surface area contributed by atoms with Crippen LogP contribution in [0.3, 0.4) is 0 Å². The lowest BCUT2D eigenvalue weighted by atomic mass is 10.2. The Labute approximate surface area is 192 Å². The van der Waals surface area contributed by atoms with Gasteiger partial charge in [-0.25, -0.2) is 4.68 Å². The third kappa shape index (κ3) is 6.57. The molecule has 0 aliphatic heterocycles. The lowest BCUT2D eigenvalue weighted by Crippen LogP contribution is -2.34. The molecule has 164 valence electrons. The van der Waals surface area contributed by atoms with Gasteiger partial charge < -0.3 is 9.80 Å². The smallest absolute Gasteiger partial charge is 0.233 e. The summed E-state index contributed by atoms with van der Waals surface area (Å²) in [4.78, 5) is 17.0. The predicted octanol–water partition coefficient (Wildman–Crippen LogP) is 4.17. The van der Waals surface area contributed by atoms with Gasteiger partial charge in [-0.15, -0.1) is 5.10 Å². The molecule has 3 rings (SSSR count). The molecule has 1 aliphatic rings. The predicted molar refractivity (Wildman–Crippen MR) is 121 cm³/mol. The lowest BCUT2D eigenvalue weighted by molar-refractivity contribution is -0.129. The minimum Gasteiger partial charge on any atom is -0.338 e. The minimum absolute atomic E-state index is 0.0609. The maximum atomic E-state index is 13.1. The van der Waals surface area contributed by atoms with E-state index < -0.39 is 0 Å². The summed E-state index contributed by atoms with van der Waals surface area (Å²) in [5, 5.41) is 13.9. The quantitative estimate of drug-likeness (QED) is 0.485. The molecule has 1 amide bonds. The summed E-state index contributed by atoms with van der Waals surface area (Å²) in [7, 11) is 4.06. The van der Waals surface area contributed by atoms with Crippen molar-refractivity contribution in [3.63, 3.8) is 0 Å². The maximum Gasteiger partial charge on any atom is 0.233 e. The maximum absolute atomic E-state index is 13.1. The van der Waals surface area contributed by atoms with Crippen LogP contribution in [-0.4, -0.2) is 68.9 Å². The number of thioether (sulfide) groups is 1. The zero-order valence-electron chi connectivity index (χ0n) is 17.4. The first-order chi connectivity index (χ1) is 14.4. The first-order valence-corrected chi connectivity index (χ1v) is 12.0. The molecule has 0 N–H and O–H groups in total. The zero-order valence-corrected chi connectivity index (χ0v) is 19.8. The Morgan fingerprint density at radius 3 is 2.67 bits per heavy atom. The van der Waals surface area contributed by atoms with Crippen LogP contribution in [0.1, 0.15) is 43.7 Å². The van der Waals surface area contributed by atoms with Crippen LogP contribution >= 0.6 is 35.0 Å². The SMILES string of the molecule is CN(C)CCCN(Cc1ccc(Cl)c(Cl)c1)C(=O)CSc1nnnn1C1CCCC1. The number of amides is 1. The van der Waals surface area contributed by atoms with Crippen LogP contribution in [0.5, 0.6) is 0 Å². The molecule has 0 bridgehead atoms. The Hall–Kier alpha value is -1.35. The third-order valence-electron chi connectivity index (χ3n) is 5.20. The fourth-order valence-corrected chi connectivity index (χ4v) is 4.77. The number of aromatic nitrogens is 4. The average molecular weight is 471 g/mol. The van der Waals surface area contributed by atoms with Gasteiger partial charge in [0.2, 0.25) is 11.1 Å². The van der Waals surface area contributed by atoms with E-state index in [0.29, 0.717) is 34.9 Å². The highest BCUT2D eigenvalue weighted by atomic mass is 35.5. The highest BCUT2D eigenvalue weighted by Gasteiger charge is 2.23. The van der Waals surface area contributed by atoms with E-state index in [1.54, 1.807) is 6.07 Å². The number of hydrogen-bond donors (Lipinski definition) is 0. The fraction of sp³-hybridized carbons (Fsp3) is 0.600. The molecule has 1 heterocycles. The molecule has 7 nitrogen and oxygen atoms in total. The first-order valence-electron chi connectivity index (χ1n) is 10.2. The van der Waals surface area contributed by atoms with Gasteiger partial charge in [-0.3, -0.25) is 4.79 Å². The largest absolute Gasteiger partial charge is 0.338 e. The van der Waals surface area contributed by atoms with E-state index in [2.05, 4.69) is 20.4 Å². The van der Waals surface area contributed by atoms with Crippen LogP contribution in [0.15, 0.2) is 23.4 Å². The van der Waals surface area contributed by atoms with E-state index in [1.165, 1.54) is 24.6 Å². The standard InChI is InChI=1S/C20H28Cl2N6OS/c1-26(2)10-5-11-27(13-15-8-9-17(21)18(22)12-15)19(29)14-30-20-23-24-25-28(20)16-6-3-4-7-16/h8-9,12,16H,3-7,10-11,13-14H2,1-2H3. The second-order valence-corrected chi connectivity index (χ2v) is 9.61. The second kappa shape index (κ2) is 11.3. The number of tetrazole rings is 1. The first kappa shape index (κ1) is 23.3. The molecule has 1 fully saturated rings. The third-order valence-corrected chi connectivity index (χ3v) is 6.86. The van der Waals surface area contributed by atoms with Crippen molar-refractivity contribution in [1.29, 1.82) is 0 Å². The van der Waals surface area contributed by atoms with Gasteiger partial charge in [0.15, 0.2) is 0 Å². The summed E-state index contributed by atoms with van der Waals surface area (Å²) in [5.74, 6) is 0.363. The van der Waals surface area contributed by atoms with Crippen molar-refractivity contribution in [2.24, 2.45) is 0 Å². The van der Waals surface area contributed by atoms with Crippen LogP contribution < -0.4 is 0 Å². The summed E-state index contributed by atoms with van der Waals surface area (Å²) in [5.41, 5.74) is 0.961. The van der Waals surface area contributed by atoms with Crippen molar-refractivity contribution in [2.45, 2.75) is 49.8 Å². The summed E-state index contributed by atoms with van der Waals surface area (Å²) in [6.45, 7) is 2.08. The van der Waals surface area contributed by atoms with Crippen LogP contribution in [0, 0.1) is 0 Å². The highest BCUT2D eigenvalue weighted by Crippen LogP contribution is 2.31. The van der Waals surface area contributed by atoms with Gasteiger partial charge in [0.25, 0.3) is 0 Å². The molecule has 0 atom stereocenters. The zero-order chi connectivity index (χ0) is 21.5. The van der Waals surface area contributed by atoms with Gasteiger partial charge >= 0.3 is 0 Å². The number of nitrogens with zero attached hydrogens (tertiary/aromatic N) is 6. The summed E-state index contributed by atoms with van der Waals surface area (Å²) in [6.07, 6.45) is 5.50. The van der Waals surface area contributed by atoms with E-state index in [1.807, 2.05) is 35.8 Å². The van der Waals surface area contributed by atoms with Gasteiger partial charge in [-0.05, 0) is 68.0 Å².